The minimum absolute atomic E-state index is 0.0434. The van der Waals surface area contributed by atoms with Crippen molar-refractivity contribution in [3.8, 4) is 0 Å². The number of aromatic nitrogens is 2. The van der Waals surface area contributed by atoms with Crippen LogP contribution in [0.5, 0.6) is 0 Å². The molecule has 0 atom stereocenters. The molecule has 1 aromatic heterocycles. The van der Waals surface area contributed by atoms with E-state index in [1.54, 1.807) is 0 Å². The molecule has 2 rings (SSSR count). The van der Waals surface area contributed by atoms with Gasteiger partial charge in [0.25, 0.3) is 0 Å². The summed E-state index contributed by atoms with van der Waals surface area (Å²) in [6, 6.07) is 0. The molecule has 1 saturated heterocycles. The lowest BCUT2D eigenvalue weighted by Crippen LogP contribution is -2.38. The molecule has 0 spiro atoms. The maximum atomic E-state index is 12.7. The molecular formula is C7H7F4N3. The molecule has 7 heteroatoms. The van der Waals surface area contributed by atoms with Crippen LogP contribution in [-0.2, 0) is 0 Å². The Hall–Kier alpha value is -1.27. The van der Waals surface area contributed by atoms with Crippen LogP contribution in [0, 0.1) is 0 Å². The Bertz CT molecular complexity index is 306. The summed E-state index contributed by atoms with van der Waals surface area (Å²) in [6.07, 6.45) is 2.72. The van der Waals surface area contributed by atoms with Crippen LogP contribution >= 0.6 is 0 Å². The summed E-state index contributed by atoms with van der Waals surface area (Å²) < 4.78 is 50.9. The Balaban J connectivity index is 2.22. The molecule has 78 valence electrons. The van der Waals surface area contributed by atoms with E-state index in [1.165, 1.54) is 12.4 Å². The van der Waals surface area contributed by atoms with Gasteiger partial charge in [-0.15, -0.1) is 0 Å². The highest BCUT2D eigenvalue weighted by molar-refractivity contribution is 5.34. The predicted molar refractivity (Wildman–Crippen MR) is 40.7 cm³/mol. The average Bonchev–Trinajstić information content (AvgIpc) is 2.58. The summed E-state index contributed by atoms with van der Waals surface area (Å²) in [5.41, 5.74) is 0. The summed E-state index contributed by atoms with van der Waals surface area (Å²) >= 11 is 0. The third kappa shape index (κ3) is 1.23. The minimum Gasteiger partial charge on any atom is -0.331 e. The van der Waals surface area contributed by atoms with Gasteiger partial charge in [-0.3, -0.25) is 0 Å². The smallest absolute Gasteiger partial charge is 0.329 e. The first-order valence-corrected chi connectivity index (χ1v) is 3.92. The lowest BCUT2D eigenvalue weighted by molar-refractivity contribution is -0.172. The number of imidazole rings is 1. The maximum absolute atomic E-state index is 12.7. The summed E-state index contributed by atoms with van der Waals surface area (Å²) in [7, 11) is 0. The number of aromatic amines is 1. The van der Waals surface area contributed by atoms with Crippen LogP contribution in [0.15, 0.2) is 12.4 Å². The van der Waals surface area contributed by atoms with Crippen molar-refractivity contribution in [1.82, 2.24) is 9.97 Å². The quantitative estimate of drug-likeness (QED) is 0.711. The molecule has 2 heterocycles. The van der Waals surface area contributed by atoms with E-state index >= 15 is 0 Å². The van der Waals surface area contributed by atoms with Crippen LogP contribution < -0.4 is 4.90 Å². The van der Waals surface area contributed by atoms with E-state index in [1.807, 2.05) is 0 Å². The SMILES string of the molecule is FC1(F)CN(c2ncc[nH]2)CC1(F)F. The van der Waals surface area contributed by atoms with Gasteiger partial charge in [0.1, 0.15) is 0 Å². The zero-order valence-corrected chi connectivity index (χ0v) is 6.98. The highest BCUT2D eigenvalue weighted by atomic mass is 19.3. The molecule has 1 aromatic rings. The molecule has 14 heavy (non-hydrogen) atoms. The van der Waals surface area contributed by atoms with Gasteiger partial charge in [-0.25, -0.2) is 4.98 Å². The molecule has 0 amide bonds. The highest BCUT2D eigenvalue weighted by Crippen LogP contribution is 2.41. The van der Waals surface area contributed by atoms with E-state index in [4.69, 9.17) is 0 Å². The van der Waals surface area contributed by atoms with E-state index in [2.05, 4.69) is 9.97 Å². The van der Waals surface area contributed by atoms with Gasteiger partial charge >= 0.3 is 11.8 Å². The van der Waals surface area contributed by atoms with E-state index in [0.29, 0.717) is 0 Å². The number of halogens is 4. The van der Waals surface area contributed by atoms with E-state index < -0.39 is 24.9 Å². The van der Waals surface area contributed by atoms with Gasteiger partial charge in [0.15, 0.2) is 0 Å². The first kappa shape index (κ1) is 9.29. The van der Waals surface area contributed by atoms with Gasteiger partial charge in [0.2, 0.25) is 5.95 Å². The lowest BCUT2D eigenvalue weighted by Gasteiger charge is -2.14. The molecule has 1 N–H and O–H groups in total. The summed E-state index contributed by atoms with van der Waals surface area (Å²) in [4.78, 5) is 6.97. The predicted octanol–water partition coefficient (Wildman–Crippen LogP) is 1.50. The standard InChI is InChI=1S/C7H7F4N3/c8-6(9)3-14(4-7(6,10)11)5-12-1-2-13-5/h1-2H,3-4H2,(H,12,13). The summed E-state index contributed by atoms with van der Waals surface area (Å²) in [5, 5.41) is 0. The Morgan fingerprint density at radius 2 is 1.79 bits per heavy atom. The van der Waals surface area contributed by atoms with E-state index in [0.717, 1.165) is 4.90 Å². The molecule has 1 aliphatic heterocycles. The molecule has 0 bridgehead atoms. The van der Waals surface area contributed by atoms with Crippen molar-refractivity contribution >= 4 is 5.95 Å². The highest BCUT2D eigenvalue weighted by Gasteiger charge is 2.63. The molecule has 0 radical (unpaired) electrons. The van der Waals surface area contributed by atoms with Gasteiger partial charge in [-0.05, 0) is 0 Å². The average molecular weight is 209 g/mol. The van der Waals surface area contributed by atoms with Crippen molar-refractivity contribution in [2.24, 2.45) is 0 Å². The summed E-state index contributed by atoms with van der Waals surface area (Å²) in [5.74, 6) is -7.93. The number of H-pyrrole nitrogens is 1. The first-order valence-electron chi connectivity index (χ1n) is 3.92. The first-order chi connectivity index (χ1) is 6.42. The Morgan fingerprint density at radius 3 is 2.21 bits per heavy atom. The van der Waals surface area contributed by atoms with Crippen molar-refractivity contribution in [2.75, 3.05) is 18.0 Å². The zero-order chi connectivity index (χ0) is 10.4. The van der Waals surface area contributed by atoms with Gasteiger partial charge < -0.3 is 9.88 Å². The number of nitrogens with one attached hydrogen (secondary N) is 1. The lowest BCUT2D eigenvalue weighted by atomic mass is 10.2. The normalized spacial score (nSPS) is 24.1. The third-order valence-corrected chi connectivity index (χ3v) is 2.10. The van der Waals surface area contributed by atoms with Crippen molar-refractivity contribution in [3.63, 3.8) is 0 Å². The topological polar surface area (TPSA) is 31.9 Å². The molecule has 0 aromatic carbocycles. The fourth-order valence-corrected chi connectivity index (χ4v) is 1.35. The summed E-state index contributed by atoms with van der Waals surface area (Å²) in [6.45, 7) is -2.01. The molecule has 1 aliphatic rings. The largest absolute Gasteiger partial charge is 0.331 e. The van der Waals surface area contributed by atoms with Crippen molar-refractivity contribution in [3.05, 3.63) is 12.4 Å². The number of nitrogens with zero attached hydrogens (tertiary/aromatic N) is 2. The Labute approximate surface area is 76.7 Å². The zero-order valence-electron chi connectivity index (χ0n) is 6.98. The van der Waals surface area contributed by atoms with E-state index in [9.17, 15) is 17.6 Å². The second kappa shape index (κ2) is 2.61. The molecule has 3 nitrogen and oxygen atoms in total. The molecule has 1 fully saturated rings. The van der Waals surface area contributed by atoms with Gasteiger partial charge in [-0.1, -0.05) is 0 Å². The van der Waals surface area contributed by atoms with Crippen LogP contribution in [0.3, 0.4) is 0 Å². The second-order valence-corrected chi connectivity index (χ2v) is 3.18. The molecule has 0 saturated carbocycles. The molecular weight excluding hydrogens is 202 g/mol. The number of alkyl halides is 4. The second-order valence-electron chi connectivity index (χ2n) is 3.18. The van der Waals surface area contributed by atoms with E-state index in [-0.39, 0.29) is 5.95 Å². The monoisotopic (exact) mass is 209 g/mol. The van der Waals surface area contributed by atoms with Crippen LogP contribution in [0.25, 0.3) is 0 Å². The number of anilines is 1. The fraction of sp³-hybridized carbons (Fsp3) is 0.571. The van der Waals surface area contributed by atoms with Crippen LogP contribution in [-0.4, -0.2) is 34.9 Å². The van der Waals surface area contributed by atoms with Crippen molar-refractivity contribution in [2.45, 2.75) is 11.8 Å². The Morgan fingerprint density at radius 1 is 1.21 bits per heavy atom. The number of hydrogen-bond acceptors (Lipinski definition) is 2. The van der Waals surface area contributed by atoms with Crippen LogP contribution in [0.4, 0.5) is 23.5 Å². The Kier molecular flexibility index (Phi) is 1.73. The number of rotatable bonds is 1. The van der Waals surface area contributed by atoms with Gasteiger partial charge in [-0.2, -0.15) is 17.6 Å². The van der Waals surface area contributed by atoms with Crippen molar-refractivity contribution < 1.29 is 17.6 Å². The number of hydrogen-bond donors (Lipinski definition) is 1. The van der Waals surface area contributed by atoms with Gasteiger partial charge in [0.05, 0.1) is 13.1 Å². The maximum Gasteiger partial charge on any atom is 0.329 e. The van der Waals surface area contributed by atoms with Gasteiger partial charge in [0, 0.05) is 12.4 Å². The third-order valence-electron chi connectivity index (χ3n) is 2.10. The van der Waals surface area contributed by atoms with Crippen molar-refractivity contribution in [1.29, 1.82) is 0 Å². The molecule has 0 unspecified atom stereocenters. The van der Waals surface area contributed by atoms with Crippen LogP contribution in [0.1, 0.15) is 0 Å². The van der Waals surface area contributed by atoms with Crippen LogP contribution in [0.2, 0.25) is 0 Å². The fourth-order valence-electron chi connectivity index (χ4n) is 1.35. The molecule has 0 aliphatic carbocycles. The minimum atomic E-state index is -3.99.